The Labute approximate surface area is 312 Å². The van der Waals surface area contributed by atoms with E-state index < -0.39 is 5.41 Å². The van der Waals surface area contributed by atoms with E-state index >= 15 is 0 Å². The van der Waals surface area contributed by atoms with E-state index in [2.05, 4.69) is 25.7 Å². The first-order valence-corrected chi connectivity index (χ1v) is 22.0. The molecule has 50 heavy (non-hydrogen) atoms. The van der Waals surface area contributed by atoms with E-state index in [1.165, 1.54) is 103 Å². The molecule has 0 saturated carbocycles. The normalized spacial score (nSPS) is 11.9. The van der Waals surface area contributed by atoms with Gasteiger partial charge in [-0.05, 0) is 71.4 Å². The van der Waals surface area contributed by atoms with Crippen LogP contribution in [0.1, 0.15) is 221 Å². The van der Waals surface area contributed by atoms with Crippen molar-refractivity contribution in [3.05, 3.63) is 0 Å². The van der Waals surface area contributed by atoms with E-state index in [1.807, 2.05) is 13.8 Å². The van der Waals surface area contributed by atoms with E-state index in [-0.39, 0.29) is 18.5 Å². The van der Waals surface area contributed by atoms with Crippen LogP contribution in [0.2, 0.25) is 0 Å². The maximum Gasteiger partial charge on any atom is 0.311 e. The lowest BCUT2D eigenvalue weighted by Gasteiger charge is -2.23. The quantitative estimate of drug-likeness (QED) is 0.0506. The van der Waals surface area contributed by atoms with Gasteiger partial charge in [0.15, 0.2) is 0 Å². The second-order valence-electron chi connectivity index (χ2n) is 16.0. The lowest BCUT2D eigenvalue weighted by molar-refractivity contribution is -0.154. The van der Waals surface area contributed by atoms with Gasteiger partial charge in [-0.3, -0.25) is 9.59 Å². The van der Waals surface area contributed by atoms with Crippen LogP contribution in [0.15, 0.2) is 0 Å². The van der Waals surface area contributed by atoms with Crippen molar-refractivity contribution in [3.8, 4) is 0 Å². The van der Waals surface area contributed by atoms with Crippen LogP contribution in [0, 0.1) is 11.3 Å². The van der Waals surface area contributed by atoms with E-state index in [9.17, 15) is 14.7 Å². The van der Waals surface area contributed by atoms with Gasteiger partial charge in [0.2, 0.25) is 0 Å². The van der Waals surface area contributed by atoms with E-state index in [4.69, 9.17) is 9.47 Å². The van der Waals surface area contributed by atoms with Crippen LogP contribution in [-0.2, 0) is 19.1 Å². The molecule has 0 unspecified atom stereocenters. The Kier molecular flexibility index (Phi) is 35.4. The molecule has 0 bridgehead atoms. The highest BCUT2D eigenvalue weighted by Crippen LogP contribution is 2.26. The second kappa shape index (κ2) is 36.2. The third-order valence-electron chi connectivity index (χ3n) is 10.6. The highest BCUT2D eigenvalue weighted by atomic mass is 16.5. The number of hydrogen-bond donors (Lipinski definition) is 1. The summed E-state index contributed by atoms with van der Waals surface area (Å²) in [5.41, 5.74) is -0.408. The molecule has 6 nitrogen and oxygen atoms in total. The molecule has 0 fully saturated rings. The Morgan fingerprint density at radius 3 is 1.58 bits per heavy atom. The predicted octanol–water partition coefficient (Wildman–Crippen LogP) is 12.4. The second-order valence-corrected chi connectivity index (χ2v) is 16.0. The highest BCUT2D eigenvalue weighted by molar-refractivity contribution is 5.75. The predicted molar refractivity (Wildman–Crippen MR) is 214 cm³/mol. The van der Waals surface area contributed by atoms with Crippen molar-refractivity contribution in [2.45, 2.75) is 221 Å². The Hall–Kier alpha value is -1.14. The fourth-order valence-corrected chi connectivity index (χ4v) is 6.95. The zero-order valence-corrected chi connectivity index (χ0v) is 34.4. The number of carbonyl (C=O) groups excluding carboxylic acids is 2. The molecule has 0 rings (SSSR count). The van der Waals surface area contributed by atoms with Gasteiger partial charge in [0.1, 0.15) is 0 Å². The number of aliphatic hydroxyl groups is 1. The highest BCUT2D eigenvalue weighted by Gasteiger charge is 2.28. The summed E-state index contributed by atoms with van der Waals surface area (Å²) in [4.78, 5) is 27.3. The Morgan fingerprint density at radius 2 is 1.02 bits per heavy atom. The van der Waals surface area contributed by atoms with Gasteiger partial charge in [-0.25, -0.2) is 0 Å². The van der Waals surface area contributed by atoms with Crippen molar-refractivity contribution in [2.24, 2.45) is 11.3 Å². The Bertz CT molecular complexity index is 730. The van der Waals surface area contributed by atoms with Gasteiger partial charge in [-0.15, -0.1) is 0 Å². The molecule has 0 aliphatic rings. The van der Waals surface area contributed by atoms with Gasteiger partial charge in [-0.2, -0.15) is 0 Å². The monoisotopic (exact) mass is 710 g/mol. The minimum Gasteiger partial charge on any atom is -0.466 e. The van der Waals surface area contributed by atoms with Crippen LogP contribution < -0.4 is 0 Å². The van der Waals surface area contributed by atoms with Crippen LogP contribution in [0.4, 0.5) is 0 Å². The summed E-state index contributed by atoms with van der Waals surface area (Å²) < 4.78 is 11.3. The number of rotatable bonds is 39. The van der Waals surface area contributed by atoms with Crippen LogP contribution >= 0.6 is 0 Å². The average molecular weight is 710 g/mol. The van der Waals surface area contributed by atoms with Gasteiger partial charge in [0.25, 0.3) is 0 Å². The largest absolute Gasteiger partial charge is 0.466 e. The minimum atomic E-state index is -0.408. The van der Waals surface area contributed by atoms with Crippen LogP contribution in [-0.4, -0.2) is 61.4 Å². The lowest BCUT2D eigenvalue weighted by atomic mass is 9.87. The first kappa shape index (κ1) is 48.9. The smallest absolute Gasteiger partial charge is 0.311 e. The molecule has 0 aliphatic heterocycles. The summed E-state index contributed by atoms with van der Waals surface area (Å²) in [6, 6.07) is 0. The van der Waals surface area contributed by atoms with Crippen molar-refractivity contribution in [1.82, 2.24) is 4.90 Å². The molecule has 0 radical (unpaired) electrons. The molecule has 0 aromatic heterocycles. The zero-order chi connectivity index (χ0) is 37.0. The minimum absolute atomic E-state index is 0.0165. The molecule has 0 spiro atoms. The van der Waals surface area contributed by atoms with Crippen molar-refractivity contribution in [3.63, 3.8) is 0 Å². The van der Waals surface area contributed by atoms with Crippen LogP contribution in [0.25, 0.3) is 0 Å². The Morgan fingerprint density at radius 1 is 0.540 bits per heavy atom. The average Bonchev–Trinajstić information content (AvgIpc) is 3.10. The van der Waals surface area contributed by atoms with Crippen molar-refractivity contribution >= 4 is 11.9 Å². The fraction of sp³-hybridized carbons (Fsp3) is 0.955. The number of hydrogen-bond acceptors (Lipinski definition) is 6. The standard InChI is InChI=1S/C44H87NO5/c1-6-9-12-15-16-22-29-39-50-43(48)44(4,5)34-26-19-21-28-36-45(37-38-46)35-27-20-17-18-25-32-42(47)49-40-33-41(30-23-13-10-7-2)31-24-14-11-8-3/h41,46H,6-40H2,1-5H3. The first-order valence-electron chi connectivity index (χ1n) is 22.0. The van der Waals surface area contributed by atoms with E-state index in [1.54, 1.807) is 0 Å². The molecule has 1 N–H and O–H groups in total. The molecule has 0 saturated heterocycles. The maximum atomic E-state index is 12.6. The number of carbonyl (C=O) groups is 2. The zero-order valence-electron chi connectivity index (χ0n) is 34.4. The molecular weight excluding hydrogens is 622 g/mol. The molecule has 0 heterocycles. The van der Waals surface area contributed by atoms with Gasteiger partial charge < -0.3 is 19.5 Å². The molecule has 298 valence electrons. The fourth-order valence-electron chi connectivity index (χ4n) is 6.95. The topological polar surface area (TPSA) is 76.1 Å². The molecule has 0 aliphatic carbocycles. The molecule has 0 amide bonds. The number of ether oxygens (including phenoxy) is 2. The van der Waals surface area contributed by atoms with Gasteiger partial charge in [0.05, 0.1) is 25.2 Å². The molecular formula is C44H87NO5. The van der Waals surface area contributed by atoms with Gasteiger partial charge in [0, 0.05) is 13.0 Å². The van der Waals surface area contributed by atoms with E-state index in [0.717, 1.165) is 96.7 Å². The van der Waals surface area contributed by atoms with Crippen molar-refractivity contribution < 1.29 is 24.2 Å². The van der Waals surface area contributed by atoms with Crippen molar-refractivity contribution in [2.75, 3.05) is 39.5 Å². The molecule has 0 aromatic carbocycles. The van der Waals surface area contributed by atoms with E-state index in [0.29, 0.717) is 25.6 Å². The Balaban J connectivity index is 3.95. The molecule has 0 aromatic rings. The molecule has 6 heteroatoms. The maximum absolute atomic E-state index is 12.6. The number of aliphatic hydroxyl groups excluding tert-OH is 1. The summed E-state index contributed by atoms with van der Waals surface area (Å²) in [6.45, 7) is 15.0. The third-order valence-corrected chi connectivity index (χ3v) is 10.6. The first-order chi connectivity index (χ1) is 24.3. The van der Waals surface area contributed by atoms with Gasteiger partial charge >= 0.3 is 11.9 Å². The number of unbranched alkanes of at least 4 members (excludes halogenated alkanes) is 19. The lowest BCUT2D eigenvalue weighted by Crippen LogP contribution is -2.29. The molecule has 0 atom stereocenters. The summed E-state index contributed by atoms with van der Waals surface area (Å²) in [5.74, 6) is 0.649. The number of nitrogens with zero attached hydrogens (tertiary/aromatic N) is 1. The van der Waals surface area contributed by atoms with Gasteiger partial charge in [-0.1, -0.05) is 162 Å². The summed E-state index contributed by atoms with van der Waals surface area (Å²) in [6.07, 6.45) is 34.1. The summed E-state index contributed by atoms with van der Waals surface area (Å²) >= 11 is 0. The third kappa shape index (κ3) is 31.6. The summed E-state index contributed by atoms with van der Waals surface area (Å²) in [5, 5.41) is 9.56. The van der Waals surface area contributed by atoms with Crippen LogP contribution in [0.3, 0.4) is 0 Å². The number of esters is 2. The SMILES string of the molecule is CCCCCCCCCOC(=O)C(C)(C)CCCCCCN(CCO)CCCCCCCC(=O)OCCC(CCCCCC)CCCCCC. The van der Waals surface area contributed by atoms with Crippen molar-refractivity contribution in [1.29, 1.82) is 0 Å². The van der Waals surface area contributed by atoms with Crippen LogP contribution in [0.5, 0.6) is 0 Å². The summed E-state index contributed by atoms with van der Waals surface area (Å²) in [7, 11) is 0.